The lowest BCUT2D eigenvalue weighted by atomic mass is 9.96. The van der Waals surface area contributed by atoms with Crippen LogP contribution in [0.15, 0.2) is 0 Å². The van der Waals surface area contributed by atoms with Gasteiger partial charge in [-0.25, -0.2) is 13.6 Å². The second-order valence-corrected chi connectivity index (χ2v) is 6.52. The number of hydrogen-bond acceptors (Lipinski definition) is 4. The minimum absolute atomic E-state index is 0.00125. The van der Waals surface area contributed by atoms with Gasteiger partial charge in [0.15, 0.2) is 0 Å². The third-order valence-corrected chi connectivity index (χ3v) is 4.58. The maximum Gasteiger partial charge on any atom is 0.325 e. The summed E-state index contributed by atoms with van der Waals surface area (Å²) in [7, 11) is 0. The molecule has 0 radical (unpaired) electrons. The highest BCUT2D eigenvalue weighted by molar-refractivity contribution is 6.09. The van der Waals surface area contributed by atoms with E-state index in [0.29, 0.717) is 0 Å². The monoisotopic (exact) mass is 331 g/mol. The molecule has 3 fully saturated rings. The molecule has 2 saturated heterocycles. The number of halogens is 2. The van der Waals surface area contributed by atoms with Crippen LogP contribution in [-0.2, 0) is 14.3 Å². The molecule has 7 nitrogen and oxygen atoms in total. The summed E-state index contributed by atoms with van der Waals surface area (Å²) in [5, 5.41) is 2.62. The molecule has 2 heterocycles. The molecule has 0 aromatic heterocycles. The Morgan fingerprint density at radius 2 is 2.09 bits per heavy atom. The molecule has 0 aromatic rings. The zero-order valence-corrected chi connectivity index (χ0v) is 12.8. The molecule has 9 heteroatoms. The fraction of sp³-hybridized carbons (Fsp3) is 0.786. The van der Waals surface area contributed by atoms with Gasteiger partial charge in [0.2, 0.25) is 5.91 Å². The average molecular weight is 331 g/mol. The standard InChI is InChI=1S/C14H19F2N3O4/c1-13(9-2-3-9)11(21)19(12(22)17-13)6-10(20)18-4-5-23-8-14(15,16)7-18/h9H,2-8H2,1H3,(H,17,22). The number of carbonyl (C=O) groups is 3. The van der Waals surface area contributed by atoms with E-state index in [0.717, 1.165) is 22.6 Å². The Bertz CT molecular complexity index is 552. The molecule has 3 aliphatic rings. The molecule has 1 N–H and O–H groups in total. The Hall–Kier alpha value is -1.77. The summed E-state index contributed by atoms with van der Waals surface area (Å²) in [6.45, 7) is -0.374. The maximum atomic E-state index is 13.5. The number of ether oxygens (including phenoxy) is 1. The van der Waals surface area contributed by atoms with Crippen LogP contribution in [-0.4, -0.2) is 72.0 Å². The van der Waals surface area contributed by atoms with Crippen LogP contribution in [0.3, 0.4) is 0 Å². The molecule has 1 saturated carbocycles. The topological polar surface area (TPSA) is 79.0 Å². The third-order valence-electron chi connectivity index (χ3n) is 4.58. The second-order valence-electron chi connectivity index (χ2n) is 6.52. The van der Waals surface area contributed by atoms with E-state index < -0.39 is 49.0 Å². The first-order chi connectivity index (χ1) is 10.7. The van der Waals surface area contributed by atoms with Crippen LogP contribution in [0.2, 0.25) is 0 Å². The number of urea groups is 1. The van der Waals surface area contributed by atoms with Gasteiger partial charge in [0.1, 0.15) is 18.7 Å². The zero-order valence-electron chi connectivity index (χ0n) is 12.8. The highest BCUT2D eigenvalue weighted by Gasteiger charge is 2.56. The summed E-state index contributed by atoms with van der Waals surface area (Å²) in [5.41, 5.74) is -0.983. The van der Waals surface area contributed by atoms with Crippen molar-refractivity contribution >= 4 is 17.8 Å². The van der Waals surface area contributed by atoms with Crippen molar-refractivity contribution in [3.05, 3.63) is 0 Å². The number of nitrogens with zero attached hydrogens (tertiary/aromatic N) is 2. The van der Waals surface area contributed by atoms with Crippen LogP contribution in [0.1, 0.15) is 19.8 Å². The summed E-state index contributed by atoms with van der Waals surface area (Å²) < 4.78 is 31.8. The van der Waals surface area contributed by atoms with Crippen LogP contribution in [0.4, 0.5) is 13.6 Å². The van der Waals surface area contributed by atoms with Gasteiger partial charge in [-0.05, 0) is 25.7 Å². The molecule has 1 atom stereocenters. The van der Waals surface area contributed by atoms with Crippen molar-refractivity contribution in [2.45, 2.75) is 31.2 Å². The van der Waals surface area contributed by atoms with Gasteiger partial charge in [-0.15, -0.1) is 0 Å². The van der Waals surface area contributed by atoms with E-state index >= 15 is 0 Å². The van der Waals surface area contributed by atoms with E-state index in [1.54, 1.807) is 6.92 Å². The summed E-state index contributed by atoms with van der Waals surface area (Å²) in [6, 6.07) is -0.643. The molecule has 2 aliphatic heterocycles. The first kappa shape index (κ1) is 16.1. The summed E-state index contributed by atoms with van der Waals surface area (Å²) in [6.07, 6.45) is 1.69. The highest BCUT2D eigenvalue weighted by Crippen LogP contribution is 2.42. The fourth-order valence-corrected chi connectivity index (χ4v) is 3.04. The average Bonchev–Trinajstić information content (AvgIpc) is 3.28. The maximum absolute atomic E-state index is 13.5. The molecule has 1 unspecified atom stereocenters. The van der Waals surface area contributed by atoms with Crippen molar-refractivity contribution in [3.63, 3.8) is 0 Å². The van der Waals surface area contributed by atoms with Crippen LogP contribution in [0.5, 0.6) is 0 Å². The Kier molecular flexibility index (Phi) is 3.78. The minimum Gasteiger partial charge on any atom is -0.373 e. The van der Waals surface area contributed by atoms with Crippen LogP contribution >= 0.6 is 0 Å². The first-order valence-corrected chi connectivity index (χ1v) is 7.60. The fourth-order valence-electron chi connectivity index (χ4n) is 3.04. The van der Waals surface area contributed by atoms with Gasteiger partial charge in [-0.1, -0.05) is 0 Å². The van der Waals surface area contributed by atoms with Crippen LogP contribution in [0.25, 0.3) is 0 Å². The van der Waals surface area contributed by atoms with Crippen molar-refractivity contribution in [1.29, 1.82) is 0 Å². The number of rotatable bonds is 3. The van der Waals surface area contributed by atoms with Crippen molar-refractivity contribution in [2.24, 2.45) is 5.92 Å². The van der Waals surface area contributed by atoms with E-state index in [1.807, 2.05) is 0 Å². The molecule has 23 heavy (non-hydrogen) atoms. The number of imide groups is 1. The van der Waals surface area contributed by atoms with Gasteiger partial charge in [-0.2, -0.15) is 0 Å². The van der Waals surface area contributed by atoms with Crippen molar-refractivity contribution in [1.82, 2.24) is 15.1 Å². The third kappa shape index (κ3) is 3.01. The van der Waals surface area contributed by atoms with E-state index in [2.05, 4.69) is 5.32 Å². The summed E-state index contributed by atoms with van der Waals surface area (Å²) >= 11 is 0. The second kappa shape index (κ2) is 5.40. The van der Waals surface area contributed by atoms with Crippen molar-refractivity contribution in [2.75, 3.05) is 32.8 Å². The number of nitrogens with one attached hydrogen (secondary N) is 1. The Morgan fingerprint density at radius 3 is 2.74 bits per heavy atom. The summed E-state index contributed by atoms with van der Waals surface area (Å²) in [5.74, 6) is -4.20. The van der Waals surface area contributed by atoms with Gasteiger partial charge in [-0.3, -0.25) is 14.5 Å². The van der Waals surface area contributed by atoms with Gasteiger partial charge >= 0.3 is 6.03 Å². The normalized spacial score (nSPS) is 31.1. The largest absolute Gasteiger partial charge is 0.373 e. The lowest BCUT2D eigenvalue weighted by Crippen LogP contribution is -2.48. The smallest absolute Gasteiger partial charge is 0.325 e. The SMILES string of the molecule is CC1(C2CC2)NC(=O)N(CC(=O)N2CCOCC(F)(F)C2)C1=O. The van der Waals surface area contributed by atoms with E-state index in [9.17, 15) is 23.2 Å². The quantitative estimate of drug-likeness (QED) is 0.750. The molecular weight excluding hydrogens is 312 g/mol. The molecule has 0 spiro atoms. The Morgan fingerprint density at radius 1 is 1.39 bits per heavy atom. The van der Waals surface area contributed by atoms with E-state index in [-0.39, 0.29) is 19.1 Å². The van der Waals surface area contributed by atoms with Crippen molar-refractivity contribution < 1.29 is 27.9 Å². The molecule has 128 valence electrons. The highest BCUT2D eigenvalue weighted by atomic mass is 19.3. The van der Waals surface area contributed by atoms with Gasteiger partial charge < -0.3 is 15.0 Å². The van der Waals surface area contributed by atoms with E-state index in [1.165, 1.54) is 0 Å². The lowest BCUT2D eigenvalue weighted by molar-refractivity contribution is -0.141. The van der Waals surface area contributed by atoms with Crippen LogP contribution in [0, 0.1) is 5.92 Å². The minimum atomic E-state index is -3.13. The van der Waals surface area contributed by atoms with Gasteiger partial charge in [0.05, 0.1) is 13.2 Å². The molecular formula is C14H19F2N3O4. The number of carbonyl (C=O) groups excluding carboxylic acids is 3. The zero-order chi connectivity index (χ0) is 16.8. The Labute approximate surface area is 131 Å². The number of alkyl halides is 2. The Balaban J connectivity index is 1.67. The number of amides is 4. The summed E-state index contributed by atoms with van der Waals surface area (Å²) in [4.78, 5) is 38.4. The van der Waals surface area contributed by atoms with Gasteiger partial charge in [0.25, 0.3) is 11.8 Å². The molecule has 4 amide bonds. The first-order valence-electron chi connectivity index (χ1n) is 7.60. The molecule has 1 aliphatic carbocycles. The van der Waals surface area contributed by atoms with E-state index in [4.69, 9.17) is 4.74 Å². The lowest BCUT2D eigenvalue weighted by Gasteiger charge is -2.25. The molecule has 3 rings (SSSR count). The van der Waals surface area contributed by atoms with Crippen molar-refractivity contribution in [3.8, 4) is 0 Å². The van der Waals surface area contributed by atoms with Crippen LogP contribution < -0.4 is 5.32 Å². The number of hydrogen-bond donors (Lipinski definition) is 1. The predicted molar refractivity (Wildman–Crippen MR) is 73.7 cm³/mol. The molecule has 0 bridgehead atoms. The van der Waals surface area contributed by atoms with Gasteiger partial charge in [0, 0.05) is 6.54 Å². The predicted octanol–water partition coefficient (Wildman–Crippen LogP) is 0.201. The molecule has 0 aromatic carbocycles.